The van der Waals surface area contributed by atoms with E-state index >= 15 is 0 Å². The lowest BCUT2D eigenvalue weighted by atomic mass is 10.1. The minimum absolute atomic E-state index is 0.217. The molecule has 1 atom stereocenters. The molecule has 6 heteroatoms. The molecule has 0 saturated heterocycles. The molecule has 0 bridgehead atoms. The van der Waals surface area contributed by atoms with Gasteiger partial charge < -0.3 is 20.1 Å². The highest BCUT2D eigenvalue weighted by atomic mass is 32.1. The molecule has 0 fully saturated rings. The van der Waals surface area contributed by atoms with Gasteiger partial charge in [-0.1, -0.05) is 18.3 Å². The number of aliphatic hydroxyl groups excluding tert-OH is 1. The minimum Gasteiger partial charge on any atom is -0.480 e. The van der Waals surface area contributed by atoms with Crippen LogP contribution in [0.1, 0.15) is 24.6 Å². The summed E-state index contributed by atoms with van der Waals surface area (Å²) in [5.74, 6) is 0.690. The molecule has 0 spiro atoms. The molecule has 1 unspecified atom stereocenters. The Labute approximate surface area is 113 Å². The van der Waals surface area contributed by atoms with Crippen molar-refractivity contribution in [1.82, 2.24) is 10.3 Å². The van der Waals surface area contributed by atoms with E-state index in [2.05, 4.69) is 17.2 Å². The molecular formula is C12H23N3O2S. The highest BCUT2D eigenvalue weighted by molar-refractivity contribution is 7.15. The summed E-state index contributed by atoms with van der Waals surface area (Å²) < 4.78 is 5.29. The molecule has 104 valence electrons. The second kappa shape index (κ2) is 7.56. The van der Waals surface area contributed by atoms with Crippen molar-refractivity contribution in [1.29, 1.82) is 0 Å². The molecule has 0 aliphatic carbocycles. The fourth-order valence-corrected chi connectivity index (χ4v) is 2.54. The van der Waals surface area contributed by atoms with Crippen molar-refractivity contribution in [2.24, 2.45) is 0 Å². The van der Waals surface area contributed by atoms with Crippen LogP contribution in [-0.4, -0.2) is 43.9 Å². The molecule has 2 N–H and O–H groups in total. The lowest BCUT2D eigenvalue weighted by molar-refractivity contribution is 0.262. The lowest BCUT2D eigenvalue weighted by Crippen LogP contribution is -2.28. The lowest BCUT2D eigenvalue weighted by Gasteiger charge is -2.14. The van der Waals surface area contributed by atoms with Gasteiger partial charge in [-0.25, -0.2) is 0 Å². The quantitative estimate of drug-likeness (QED) is 0.751. The molecule has 0 aliphatic rings. The number of hydrogen-bond donors (Lipinski definition) is 2. The zero-order valence-electron chi connectivity index (χ0n) is 11.6. The standard InChI is InChI=1S/C12H23N3O2S/c1-5-9(6-7-16)13-8-10-11(17-4)14-12(18-10)15(2)3/h9,13,16H,5-8H2,1-4H3. The monoisotopic (exact) mass is 273 g/mol. The summed E-state index contributed by atoms with van der Waals surface area (Å²) >= 11 is 1.63. The van der Waals surface area contributed by atoms with Gasteiger partial charge in [-0.05, 0) is 12.8 Å². The molecule has 1 aromatic heterocycles. The van der Waals surface area contributed by atoms with Gasteiger partial charge in [0.2, 0.25) is 5.88 Å². The summed E-state index contributed by atoms with van der Waals surface area (Å²) in [5.41, 5.74) is 0. The Morgan fingerprint density at radius 3 is 2.72 bits per heavy atom. The SMILES string of the molecule is CCC(CCO)NCc1sc(N(C)C)nc1OC. The van der Waals surface area contributed by atoms with Crippen molar-refractivity contribution in [3.63, 3.8) is 0 Å². The van der Waals surface area contributed by atoms with Gasteiger partial charge in [0, 0.05) is 33.3 Å². The van der Waals surface area contributed by atoms with E-state index in [4.69, 9.17) is 9.84 Å². The maximum absolute atomic E-state index is 8.96. The van der Waals surface area contributed by atoms with Crippen LogP contribution in [0.25, 0.3) is 0 Å². The third kappa shape index (κ3) is 4.12. The number of methoxy groups -OCH3 is 1. The number of aliphatic hydroxyl groups is 1. The Bertz CT molecular complexity index is 355. The molecular weight excluding hydrogens is 250 g/mol. The first-order valence-electron chi connectivity index (χ1n) is 6.17. The predicted molar refractivity (Wildman–Crippen MR) is 75.6 cm³/mol. The Hall–Kier alpha value is -0.850. The maximum Gasteiger partial charge on any atom is 0.230 e. The van der Waals surface area contributed by atoms with Crippen LogP contribution in [-0.2, 0) is 6.54 Å². The van der Waals surface area contributed by atoms with Gasteiger partial charge in [-0.3, -0.25) is 0 Å². The first-order valence-corrected chi connectivity index (χ1v) is 6.99. The van der Waals surface area contributed by atoms with Crippen molar-refractivity contribution < 1.29 is 9.84 Å². The van der Waals surface area contributed by atoms with Crippen molar-refractivity contribution >= 4 is 16.5 Å². The number of rotatable bonds is 8. The fraction of sp³-hybridized carbons (Fsp3) is 0.750. The van der Waals surface area contributed by atoms with Crippen LogP contribution in [0, 0.1) is 0 Å². The van der Waals surface area contributed by atoms with E-state index in [1.54, 1.807) is 18.4 Å². The minimum atomic E-state index is 0.217. The molecule has 0 aliphatic heterocycles. The molecule has 0 radical (unpaired) electrons. The number of thiazole rings is 1. The molecule has 0 saturated carbocycles. The predicted octanol–water partition coefficient (Wildman–Crippen LogP) is 1.47. The Morgan fingerprint density at radius 1 is 1.50 bits per heavy atom. The normalized spacial score (nSPS) is 12.5. The Balaban J connectivity index is 2.65. The van der Waals surface area contributed by atoms with Gasteiger partial charge >= 0.3 is 0 Å². The summed E-state index contributed by atoms with van der Waals surface area (Å²) in [6.45, 7) is 3.06. The summed E-state index contributed by atoms with van der Waals surface area (Å²) in [5, 5.41) is 13.3. The summed E-state index contributed by atoms with van der Waals surface area (Å²) in [6, 6.07) is 0.338. The van der Waals surface area contributed by atoms with E-state index in [1.165, 1.54) is 0 Å². The third-order valence-electron chi connectivity index (χ3n) is 2.75. The largest absolute Gasteiger partial charge is 0.480 e. The van der Waals surface area contributed by atoms with E-state index in [-0.39, 0.29) is 6.61 Å². The fourth-order valence-electron chi connectivity index (χ4n) is 1.63. The van der Waals surface area contributed by atoms with Crippen LogP contribution >= 0.6 is 11.3 Å². The van der Waals surface area contributed by atoms with Crippen molar-refractivity contribution in [2.45, 2.75) is 32.4 Å². The molecule has 18 heavy (non-hydrogen) atoms. The van der Waals surface area contributed by atoms with E-state index < -0.39 is 0 Å². The highest BCUT2D eigenvalue weighted by Gasteiger charge is 2.14. The average Bonchev–Trinajstić information content (AvgIpc) is 2.77. The highest BCUT2D eigenvalue weighted by Crippen LogP contribution is 2.30. The molecule has 1 rings (SSSR count). The van der Waals surface area contributed by atoms with Gasteiger partial charge in [0.05, 0.1) is 12.0 Å². The number of aromatic nitrogens is 1. The van der Waals surface area contributed by atoms with Crippen LogP contribution in [0.5, 0.6) is 5.88 Å². The molecule has 1 aromatic rings. The molecule has 5 nitrogen and oxygen atoms in total. The Kier molecular flexibility index (Phi) is 6.38. The summed E-state index contributed by atoms with van der Waals surface area (Å²) in [4.78, 5) is 7.48. The van der Waals surface area contributed by atoms with E-state index in [9.17, 15) is 0 Å². The average molecular weight is 273 g/mol. The second-order valence-corrected chi connectivity index (χ2v) is 5.38. The number of ether oxygens (including phenoxy) is 1. The molecule has 1 heterocycles. The number of nitrogens with zero attached hydrogens (tertiary/aromatic N) is 2. The number of nitrogens with one attached hydrogen (secondary N) is 1. The van der Waals surface area contributed by atoms with Gasteiger partial charge in [0.25, 0.3) is 0 Å². The van der Waals surface area contributed by atoms with Gasteiger partial charge in [-0.2, -0.15) is 4.98 Å². The zero-order chi connectivity index (χ0) is 13.5. The zero-order valence-corrected chi connectivity index (χ0v) is 12.4. The Morgan fingerprint density at radius 2 is 2.22 bits per heavy atom. The van der Waals surface area contributed by atoms with Gasteiger partial charge in [0.1, 0.15) is 0 Å². The first kappa shape index (κ1) is 15.2. The van der Waals surface area contributed by atoms with Gasteiger partial charge in [0.15, 0.2) is 5.13 Å². The van der Waals surface area contributed by atoms with Crippen LogP contribution < -0.4 is 15.0 Å². The second-order valence-electron chi connectivity index (χ2n) is 4.32. The summed E-state index contributed by atoms with van der Waals surface area (Å²) in [6.07, 6.45) is 1.78. The van der Waals surface area contributed by atoms with Crippen LogP contribution in [0.4, 0.5) is 5.13 Å². The van der Waals surface area contributed by atoms with E-state index in [0.29, 0.717) is 11.9 Å². The number of hydrogen-bond acceptors (Lipinski definition) is 6. The first-order chi connectivity index (χ1) is 8.62. The van der Waals surface area contributed by atoms with Crippen LogP contribution in [0.2, 0.25) is 0 Å². The van der Waals surface area contributed by atoms with E-state index in [1.807, 2.05) is 19.0 Å². The molecule has 0 aromatic carbocycles. The van der Waals surface area contributed by atoms with Crippen molar-refractivity contribution in [3.8, 4) is 5.88 Å². The van der Waals surface area contributed by atoms with Gasteiger partial charge in [-0.15, -0.1) is 0 Å². The topological polar surface area (TPSA) is 57.6 Å². The number of anilines is 1. The smallest absolute Gasteiger partial charge is 0.230 e. The van der Waals surface area contributed by atoms with Crippen molar-refractivity contribution in [2.75, 3.05) is 32.7 Å². The van der Waals surface area contributed by atoms with Crippen molar-refractivity contribution in [3.05, 3.63) is 4.88 Å². The maximum atomic E-state index is 8.96. The third-order valence-corrected chi connectivity index (χ3v) is 3.95. The van der Waals surface area contributed by atoms with Crippen LogP contribution in [0.15, 0.2) is 0 Å². The van der Waals surface area contributed by atoms with E-state index in [0.717, 1.165) is 29.4 Å². The van der Waals surface area contributed by atoms with Crippen LogP contribution in [0.3, 0.4) is 0 Å². The summed E-state index contributed by atoms with van der Waals surface area (Å²) in [7, 11) is 5.58. The molecule has 0 amide bonds.